The average molecular weight is 327 g/mol. The van der Waals surface area contributed by atoms with E-state index in [-0.39, 0.29) is 17.7 Å². The second kappa shape index (κ2) is 5.61. The zero-order chi connectivity index (χ0) is 16.8. The van der Waals surface area contributed by atoms with E-state index in [0.29, 0.717) is 41.5 Å². The number of furan rings is 1. The lowest BCUT2D eigenvalue weighted by molar-refractivity contribution is 0.0955. The van der Waals surface area contributed by atoms with Crippen LogP contribution in [0.4, 0.5) is 5.82 Å². The van der Waals surface area contributed by atoms with Gasteiger partial charge in [-0.25, -0.2) is 4.68 Å². The van der Waals surface area contributed by atoms with E-state index in [2.05, 4.69) is 17.3 Å². The molecular weight excluding hydrogens is 306 g/mol. The van der Waals surface area contributed by atoms with Crippen LogP contribution < -0.4 is 5.32 Å². The number of rotatable bonds is 4. The van der Waals surface area contributed by atoms with Gasteiger partial charge in [-0.1, -0.05) is 0 Å². The zero-order valence-corrected chi connectivity index (χ0v) is 14.0. The van der Waals surface area contributed by atoms with E-state index in [1.807, 2.05) is 11.6 Å². The van der Waals surface area contributed by atoms with Gasteiger partial charge in [0.15, 0.2) is 5.78 Å². The summed E-state index contributed by atoms with van der Waals surface area (Å²) in [7, 11) is 0. The van der Waals surface area contributed by atoms with Crippen LogP contribution in [0.3, 0.4) is 0 Å². The van der Waals surface area contributed by atoms with Crippen molar-refractivity contribution in [1.29, 1.82) is 0 Å². The van der Waals surface area contributed by atoms with Crippen molar-refractivity contribution in [2.75, 3.05) is 5.32 Å². The summed E-state index contributed by atoms with van der Waals surface area (Å²) in [4.78, 5) is 24.9. The van der Waals surface area contributed by atoms with Crippen LogP contribution in [-0.2, 0) is 6.42 Å². The number of aromatic nitrogens is 2. The van der Waals surface area contributed by atoms with Crippen molar-refractivity contribution in [1.82, 2.24) is 9.78 Å². The van der Waals surface area contributed by atoms with Gasteiger partial charge in [0.05, 0.1) is 23.4 Å². The number of carbonyl (C=O) groups excluding carboxylic acids is 2. The molecule has 0 bridgehead atoms. The maximum absolute atomic E-state index is 12.7. The third kappa shape index (κ3) is 2.46. The Labute approximate surface area is 140 Å². The van der Waals surface area contributed by atoms with Gasteiger partial charge in [0.1, 0.15) is 17.8 Å². The molecule has 6 heteroatoms. The summed E-state index contributed by atoms with van der Waals surface area (Å²) < 4.78 is 7.34. The van der Waals surface area contributed by atoms with Gasteiger partial charge in [-0.3, -0.25) is 9.59 Å². The summed E-state index contributed by atoms with van der Waals surface area (Å²) in [5, 5.41) is 7.37. The molecule has 1 saturated carbocycles. The Morgan fingerprint density at radius 3 is 2.96 bits per heavy atom. The minimum atomic E-state index is -0.303. The summed E-state index contributed by atoms with van der Waals surface area (Å²) in [5.74, 6) is 1.66. The molecule has 2 aromatic rings. The van der Waals surface area contributed by atoms with Crippen LogP contribution in [0.5, 0.6) is 0 Å². The molecule has 1 atom stereocenters. The Hall–Kier alpha value is -2.37. The Bertz CT molecular complexity index is 814. The fraction of sp³-hybridized carbons (Fsp3) is 0.500. The lowest BCUT2D eigenvalue weighted by Crippen LogP contribution is -2.21. The van der Waals surface area contributed by atoms with E-state index in [1.54, 1.807) is 6.20 Å². The number of aryl methyl sites for hydroxylation is 2. The molecule has 24 heavy (non-hydrogen) atoms. The Morgan fingerprint density at radius 1 is 1.42 bits per heavy atom. The highest BCUT2D eigenvalue weighted by molar-refractivity contribution is 6.13. The SMILES string of the molecule is Cc1cnn([C@H](C)C2CC2)c1NC(=O)c1coc2c1C(=O)CCC2. The molecule has 4 rings (SSSR count). The number of fused-ring (bicyclic) bond motifs is 1. The molecule has 6 nitrogen and oxygen atoms in total. The predicted octanol–water partition coefficient (Wildman–Crippen LogP) is 3.53. The molecule has 0 saturated heterocycles. The highest BCUT2D eigenvalue weighted by Gasteiger charge is 2.32. The van der Waals surface area contributed by atoms with Crippen LogP contribution >= 0.6 is 0 Å². The summed E-state index contributed by atoms with van der Waals surface area (Å²) in [6.45, 7) is 4.05. The topological polar surface area (TPSA) is 77.1 Å². The summed E-state index contributed by atoms with van der Waals surface area (Å²) >= 11 is 0. The van der Waals surface area contributed by atoms with Crippen molar-refractivity contribution in [2.24, 2.45) is 5.92 Å². The molecule has 0 aromatic carbocycles. The standard InChI is InChI=1S/C18H21N3O3/c1-10-8-19-21(11(2)12-6-7-12)17(10)20-18(23)13-9-24-15-5-3-4-14(22)16(13)15/h8-9,11-12H,3-7H2,1-2H3,(H,20,23)/t11-/m1/s1. The van der Waals surface area contributed by atoms with Crippen LogP contribution in [-0.4, -0.2) is 21.5 Å². The molecule has 1 amide bonds. The quantitative estimate of drug-likeness (QED) is 0.932. The van der Waals surface area contributed by atoms with Gasteiger partial charge < -0.3 is 9.73 Å². The third-order valence-corrected chi connectivity index (χ3v) is 5.10. The Morgan fingerprint density at radius 2 is 2.21 bits per heavy atom. The fourth-order valence-electron chi connectivity index (χ4n) is 3.46. The predicted molar refractivity (Wildman–Crippen MR) is 88.3 cm³/mol. The van der Waals surface area contributed by atoms with Gasteiger partial charge >= 0.3 is 0 Å². The van der Waals surface area contributed by atoms with Gasteiger partial charge in [-0.05, 0) is 39.0 Å². The summed E-state index contributed by atoms with van der Waals surface area (Å²) in [6, 6.07) is 0.258. The molecule has 0 aliphatic heterocycles. The number of carbonyl (C=O) groups is 2. The van der Waals surface area contributed by atoms with Crippen LogP contribution in [0, 0.1) is 12.8 Å². The number of amides is 1. The smallest absolute Gasteiger partial charge is 0.260 e. The largest absolute Gasteiger partial charge is 0.468 e. The number of nitrogens with zero attached hydrogens (tertiary/aromatic N) is 2. The lowest BCUT2D eigenvalue weighted by Gasteiger charge is -2.16. The van der Waals surface area contributed by atoms with Crippen LogP contribution in [0.2, 0.25) is 0 Å². The van der Waals surface area contributed by atoms with E-state index in [1.165, 1.54) is 19.1 Å². The minimum Gasteiger partial charge on any atom is -0.468 e. The molecule has 1 N–H and O–H groups in total. The third-order valence-electron chi connectivity index (χ3n) is 5.10. The molecule has 126 valence electrons. The maximum Gasteiger partial charge on any atom is 0.260 e. The molecule has 2 aliphatic rings. The highest BCUT2D eigenvalue weighted by Crippen LogP contribution is 2.40. The van der Waals surface area contributed by atoms with E-state index in [0.717, 1.165) is 12.0 Å². The first-order valence-corrected chi connectivity index (χ1v) is 8.55. The number of hydrogen-bond acceptors (Lipinski definition) is 4. The zero-order valence-electron chi connectivity index (χ0n) is 14.0. The first-order chi connectivity index (χ1) is 11.6. The van der Waals surface area contributed by atoms with E-state index >= 15 is 0 Å². The second-order valence-corrected chi connectivity index (χ2v) is 6.88. The molecule has 2 aromatic heterocycles. The van der Waals surface area contributed by atoms with E-state index in [4.69, 9.17) is 4.42 Å². The molecular formula is C18H21N3O3. The van der Waals surface area contributed by atoms with Gasteiger partial charge in [0.25, 0.3) is 5.91 Å². The van der Waals surface area contributed by atoms with Gasteiger partial charge in [0, 0.05) is 18.4 Å². The average Bonchev–Trinajstić information content (AvgIpc) is 3.22. The van der Waals surface area contributed by atoms with Gasteiger partial charge in [0.2, 0.25) is 0 Å². The van der Waals surface area contributed by atoms with E-state index < -0.39 is 0 Å². The number of anilines is 1. The summed E-state index contributed by atoms with van der Waals surface area (Å²) in [6.07, 6.45) is 7.56. The molecule has 0 unspecified atom stereocenters. The molecule has 0 radical (unpaired) electrons. The van der Waals surface area contributed by atoms with Crippen molar-refractivity contribution in [3.63, 3.8) is 0 Å². The van der Waals surface area contributed by atoms with Crippen molar-refractivity contribution >= 4 is 17.5 Å². The molecule has 2 aliphatic carbocycles. The lowest BCUT2D eigenvalue weighted by atomic mass is 9.94. The number of ketones is 1. The normalized spacial score (nSPS) is 18.3. The van der Waals surface area contributed by atoms with Crippen molar-refractivity contribution in [3.8, 4) is 0 Å². The first kappa shape index (κ1) is 15.2. The summed E-state index contributed by atoms with van der Waals surface area (Å²) in [5.41, 5.74) is 1.71. The van der Waals surface area contributed by atoms with Crippen molar-refractivity contribution in [3.05, 3.63) is 34.9 Å². The van der Waals surface area contributed by atoms with Crippen LogP contribution in [0.1, 0.15) is 70.7 Å². The van der Waals surface area contributed by atoms with Gasteiger partial charge in [-0.15, -0.1) is 0 Å². The molecule has 1 fully saturated rings. The van der Waals surface area contributed by atoms with Crippen molar-refractivity contribution in [2.45, 2.75) is 52.0 Å². The number of hydrogen-bond donors (Lipinski definition) is 1. The Kier molecular flexibility index (Phi) is 3.55. The second-order valence-electron chi connectivity index (χ2n) is 6.88. The first-order valence-electron chi connectivity index (χ1n) is 8.55. The molecule has 0 spiro atoms. The highest BCUT2D eigenvalue weighted by atomic mass is 16.3. The minimum absolute atomic E-state index is 0.00766. The van der Waals surface area contributed by atoms with E-state index in [9.17, 15) is 9.59 Å². The number of Topliss-reactive ketones (excluding diaryl/α,β-unsaturated/α-hetero) is 1. The fourth-order valence-corrected chi connectivity index (χ4v) is 3.46. The van der Waals surface area contributed by atoms with Crippen LogP contribution in [0.15, 0.2) is 16.9 Å². The number of nitrogens with one attached hydrogen (secondary N) is 1. The van der Waals surface area contributed by atoms with Crippen LogP contribution in [0.25, 0.3) is 0 Å². The molecule has 2 heterocycles. The van der Waals surface area contributed by atoms with Gasteiger partial charge in [-0.2, -0.15) is 5.10 Å². The van der Waals surface area contributed by atoms with Crippen molar-refractivity contribution < 1.29 is 14.0 Å². The monoisotopic (exact) mass is 327 g/mol. The maximum atomic E-state index is 12.7. The Balaban J connectivity index is 1.63.